The van der Waals surface area contributed by atoms with E-state index in [1.165, 1.54) is 0 Å². The van der Waals surface area contributed by atoms with Gasteiger partial charge in [-0.2, -0.15) is 0 Å². The van der Waals surface area contributed by atoms with Crippen LogP contribution in [0.1, 0.15) is 30.6 Å². The van der Waals surface area contributed by atoms with Crippen LogP contribution in [0.15, 0.2) is 42.7 Å². The normalized spacial score (nSPS) is 13.2. The van der Waals surface area contributed by atoms with Crippen molar-refractivity contribution in [3.63, 3.8) is 0 Å². The van der Waals surface area contributed by atoms with Crippen molar-refractivity contribution < 1.29 is 9.90 Å². The van der Waals surface area contributed by atoms with Gasteiger partial charge in [-0.05, 0) is 36.2 Å². The number of aliphatic hydroxyl groups excluding tert-OH is 1. The first-order chi connectivity index (χ1) is 11.1. The van der Waals surface area contributed by atoms with E-state index in [9.17, 15) is 9.90 Å². The monoisotopic (exact) mass is 314 g/mol. The first-order valence-corrected chi connectivity index (χ1v) is 7.69. The van der Waals surface area contributed by atoms with Crippen molar-refractivity contribution in [3.8, 4) is 0 Å². The minimum absolute atomic E-state index is 0.0638. The molecule has 0 saturated heterocycles. The molecule has 1 aromatic heterocycles. The number of nitrogens with one attached hydrogen (secondary N) is 2. The average molecular weight is 314 g/mol. The van der Waals surface area contributed by atoms with Gasteiger partial charge in [0, 0.05) is 23.6 Å². The second-order valence-electron chi connectivity index (χ2n) is 5.42. The van der Waals surface area contributed by atoms with Gasteiger partial charge in [-0.3, -0.25) is 4.79 Å². The molecule has 6 nitrogen and oxygen atoms in total. The molecule has 0 unspecified atom stereocenters. The summed E-state index contributed by atoms with van der Waals surface area (Å²) in [6.07, 6.45) is 4.20. The van der Waals surface area contributed by atoms with Crippen molar-refractivity contribution in [2.75, 3.05) is 11.9 Å². The molecule has 2 atom stereocenters. The van der Waals surface area contributed by atoms with Crippen molar-refractivity contribution in [2.24, 2.45) is 5.92 Å². The van der Waals surface area contributed by atoms with Gasteiger partial charge < -0.3 is 15.7 Å². The summed E-state index contributed by atoms with van der Waals surface area (Å²) in [6, 6.07) is 8.55. The zero-order chi connectivity index (χ0) is 16.7. The number of amides is 1. The molecule has 0 spiro atoms. The van der Waals surface area contributed by atoms with Gasteiger partial charge in [0.1, 0.15) is 0 Å². The summed E-state index contributed by atoms with van der Waals surface area (Å²) in [6.45, 7) is 3.98. The average Bonchev–Trinajstić information content (AvgIpc) is 2.60. The van der Waals surface area contributed by atoms with E-state index in [1.807, 2.05) is 13.8 Å². The highest BCUT2D eigenvalue weighted by atomic mass is 16.3. The summed E-state index contributed by atoms with van der Waals surface area (Å²) in [5, 5.41) is 15.3. The van der Waals surface area contributed by atoms with Crippen LogP contribution in [0.2, 0.25) is 0 Å². The maximum atomic E-state index is 12.2. The minimum Gasteiger partial charge on any atom is -0.394 e. The Kier molecular flexibility index (Phi) is 6.05. The van der Waals surface area contributed by atoms with E-state index in [0.717, 1.165) is 12.1 Å². The number of aliphatic hydroxyl groups is 1. The van der Waals surface area contributed by atoms with Gasteiger partial charge in [-0.15, -0.1) is 0 Å². The quantitative estimate of drug-likeness (QED) is 0.730. The molecular formula is C17H22N4O2. The van der Waals surface area contributed by atoms with Gasteiger partial charge in [-0.1, -0.05) is 20.3 Å². The molecule has 122 valence electrons. The largest absolute Gasteiger partial charge is 0.394 e. The Hall–Kier alpha value is -2.47. The standard InChI is InChI=1S/C17H22N4O2/c1-3-12(2)15(11-22)21-16(23)13-5-7-14(8-6-13)20-17-18-9-4-10-19-17/h4-10,12,15,22H,3,11H2,1-2H3,(H,21,23)(H,18,19,20)/t12-,15+/m0/s1. The summed E-state index contributed by atoms with van der Waals surface area (Å²) < 4.78 is 0. The molecule has 0 aliphatic rings. The number of nitrogens with zero attached hydrogens (tertiary/aromatic N) is 2. The van der Waals surface area contributed by atoms with E-state index >= 15 is 0 Å². The molecule has 0 bridgehead atoms. The van der Waals surface area contributed by atoms with Crippen LogP contribution >= 0.6 is 0 Å². The van der Waals surface area contributed by atoms with Crippen LogP contribution < -0.4 is 10.6 Å². The second kappa shape index (κ2) is 8.24. The number of hydrogen-bond acceptors (Lipinski definition) is 5. The summed E-state index contributed by atoms with van der Waals surface area (Å²) >= 11 is 0. The number of anilines is 2. The van der Waals surface area contributed by atoms with E-state index in [1.54, 1.807) is 42.7 Å². The van der Waals surface area contributed by atoms with Crippen LogP contribution in [0, 0.1) is 5.92 Å². The molecular weight excluding hydrogens is 292 g/mol. The Morgan fingerprint density at radius 3 is 2.43 bits per heavy atom. The van der Waals surface area contributed by atoms with Crippen molar-refractivity contribution in [1.82, 2.24) is 15.3 Å². The molecule has 2 rings (SSSR count). The van der Waals surface area contributed by atoms with Gasteiger partial charge in [0.25, 0.3) is 5.91 Å². The summed E-state index contributed by atoms with van der Waals surface area (Å²) in [7, 11) is 0. The predicted molar refractivity (Wildman–Crippen MR) is 89.6 cm³/mol. The van der Waals surface area contributed by atoms with Gasteiger partial charge >= 0.3 is 0 Å². The highest BCUT2D eigenvalue weighted by Crippen LogP contribution is 2.14. The van der Waals surface area contributed by atoms with Crippen LogP contribution in [0.3, 0.4) is 0 Å². The lowest BCUT2D eigenvalue weighted by Gasteiger charge is -2.22. The van der Waals surface area contributed by atoms with Gasteiger partial charge in [0.2, 0.25) is 5.95 Å². The Labute approximate surface area is 136 Å². The predicted octanol–water partition coefficient (Wildman–Crippen LogP) is 2.36. The fourth-order valence-corrected chi connectivity index (χ4v) is 2.10. The third-order valence-electron chi connectivity index (χ3n) is 3.81. The van der Waals surface area contributed by atoms with E-state index in [0.29, 0.717) is 11.5 Å². The van der Waals surface area contributed by atoms with Crippen molar-refractivity contribution in [2.45, 2.75) is 26.3 Å². The van der Waals surface area contributed by atoms with E-state index in [4.69, 9.17) is 0 Å². The van der Waals surface area contributed by atoms with Crippen LogP contribution in [0.4, 0.5) is 11.6 Å². The first-order valence-electron chi connectivity index (χ1n) is 7.69. The molecule has 0 fully saturated rings. The number of carbonyl (C=O) groups excluding carboxylic acids is 1. The van der Waals surface area contributed by atoms with E-state index < -0.39 is 0 Å². The summed E-state index contributed by atoms with van der Waals surface area (Å²) in [5.74, 6) is 0.536. The highest BCUT2D eigenvalue weighted by Gasteiger charge is 2.18. The lowest BCUT2D eigenvalue weighted by Crippen LogP contribution is -2.41. The fraction of sp³-hybridized carbons (Fsp3) is 0.353. The molecule has 0 aliphatic heterocycles. The summed E-state index contributed by atoms with van der Waals surface area (Å²) in [4.78, 5) is 20.4. The molecule has 6 heteroatoms. The SMILES string of the molecule is CC[C@H](C)[C@@H](CO)NC(=O)c1ccc(Nc2ncccn2)cc1. The molecule has 1 aromatic carbocycles. The van der Waals surface area contributed by atoms with Crippen LogP contribution in [-0.4, -0.2) is 33.6 Å². The highest BCUT2D eigenvalue weighted by molar-refractivity contribution is 5.94. The lowest BCUT2D eigenvalue weighted by atomic mass is 9.99. The molecule has 2 aromatic rings. The Morgan fingerprint density at radius 1 is 1.22 bits per heavy atom. The topological polar surface area (TPSA) is 87.1 Å². The molecule has 0 saturated carbocycles. The van der Waals surface area contributed by atoms with Crippen molar-refractivity contribution >= 4 is 17.5 Å². The minimum atomic E-state index is -0.233. The molecule has 0 radical (unpaired) electrons. The summed E-state index contributed by atoms with van der Waals surface area (Å²) in [5.41, 5.74) is 1.35. The van der Waals surface area contributed by atoms with Crippen molar-refractivity contribution in [3.05, 3.63) is 48.3 Å². The Bertz CT molecular complexity index is 616. The molecule has 3 N–H and O–H groups in total. The van der Waals surface area contributed by atoms with Crippen molar-refractivity contribution in [1.29, 1.82) is 0 Å². The van der Waals surface area contributed by atoms with Crippen LogP contribution in [0.25, 0.3) is 0 Å². The second-order valence-corrected chi connectivity index (χ2v) is 5.42. The smallest absolute Gasteiger partial charge is 0.251 e. The number of rotatable bonds is 7. The Balaban J connectivity index is 2.00. The number of carbonyl (C=O) groups is 1. The van der Waals surface area contributed by atoms with Crippen LogP contribution in [0.5, 0.6) is 0 Å². The first kappa shape index (κ1) is 16.9. The zero-order valence-corrected chi connectivity index (χ0v) is 13.4. The maximum absolute atomic E-state index is 12.2. The van der Waals surface area contributed by atoms with E-state index in [2.05, 4.69) is 20.6 Å². The number of benzene rings is 1. The molecule has 0 aliphatic carbocycles. The van der Waals surface area contributed by atoms with Crippen LogP contribution in [-0.2, 0) is 0 Å². The van der Waals surface area contributed by atoms with Gasteiger partial charge in [0.15, 0.2) is 0 Å². The third-order valence-corrected chi connectivity index (χ3v) is 3.81. The third kappa shape index (κ3) is 4.75. The van der Waals surface area contributed by atoms with Gasteiger partial charge in [0.05, 0.1) is 12.6 Å². The number of hydrogen-bond donors (Lipinski definition) is 3. The Morgan fingerprint density at radius 2 is 1.87 bits per heavy atom. The van der Waals surface area contributed by atoms with E-state index in [-0.39, 0.29) is 24.5 Å². The zero-order valence-electron chi connectivity index (χ0n) is 13.4. The van der Waals surface area contributed by atoms with Gasteiger partial charge in [-0.25, -0.2) is 9.97 Å². The maximum Gasteiger partial charge on any atom is 0.251 e. The molecule has 1 amide bonds. The molecule has 23 heavy (non-hydrogen) atoms. The molecule has 1 heterocycles. The lowest BCUT2D eigenvalue weighted by molar-refractivity contribution is 0.0891. The fourth-order valence-electron chi connectivity index (χ4n) is 2.10. The number of aromatic nitrogens is 2.